The summed E-state index contributed by atoms with van der Waals surface area (Å²) in [5.41, 5.74) is 5.11. The highest BCUT2D eigenvalue weighted by atomic mass is 16.5. The molecule has 2 aliphatic heterocycles. The quantitative estimate of drug-likeness (QED) is 0.204. The highest BCUT2D eigenvalue weighted by molar-refractivity contribution is 6.49. The van der Waals surface area contributed by atoms with Gasteiger partial charge in [0.1, 0.15) is 36.4 Å². The van der Waals surface area contributed by atoms with Crippen LogP contribution >= 0.6 is 0 Å². The van der Waals surface area contributed by atoms with Crippen molar-refractivity contribution >= 4 is 58.1 Å². The minimum absolute atomic E-state index is 0.221. The summed E-state index contributed by atoms with van der Waals surface area (Å²) in [4.78, 5) is 52.1. The first-order valence-corrected chi connectivity index (χ1v) is 18.7. The Morgan fingerprint density at radius 3 is 1.34 bits per heavy atom. The standard InChI is InChI=1S/C48H38N4O6/c1-29(53)49-45-17-9-15-39(51-45)37-23-33-19-21-41(55)47(35(33)25-43(37)57-27-31-11-5-3-6-12-31)48-36-26-44(58-28-32-13-7-4-8-14-32)38(24-34(36)20-22-42(48)56)40-16-10-18-46(52-40)50-30(2)54/h3-26,51-52H,27-28H2,1-2H3,(H,49,53)(H,50,54)/b39-37-,40-38+. The molecule has 2 amide bonds. The molecule has 4 N–H and O–H groups in total. The van der Waals surface area contributed by atoms with Crippen LogP contribution in [0.15, 0.2) is 145 Å². The zero-order chi connectivity index (χ0) is 40.2. The van der Waals surface area contributed by atoms with Crippen LogP contribution < -0.4 is 51.6 Å². The van der Waals surface area contributed by atoms with Gasteiger partial charge in [-0.1, -0.05) is 85.0 Å². The van der Waals surface area contributed by atoms with Crippen molar-refractivity contribution in [3.8, 4) is 11.5 Å². The number of dihydropyridines is 2. The Kier molecular flexibility index (Phi) is 10.4. The minimum Gasteiger partial charge on any atom is -0.488 e. The normalized spacial score (nSPS) is 17.0. The van der Waals surface area contributed by atoms with Gasteiger partial charge in [-0.25, -0.2) is 0 Å². The topological polar surface area (TPSA) is 135 Å². The van der Waals surface area contributed by atoms with E-state index in [1.54, 1.807) is 24.3 Å². The second kappa shape index (κ2) is 16.2. The average molecular weight is 767 g/mol. The van der Waals surface area contributed by atoms with Crippen molar-refractivity contribution in [2.45, 2.75) is 27.1 Å². The summed E-state index contributed by atoms with van der Waals surface area (Å²) < 4.78 is 13.0. The highest BCUT2D eigenvalue weighted by Gasteiger charge is 2.27. The third kappa shape index (κ3) is 7.98. The van der Waals surface area contributed by atoms with Crippen molar-refractivity contribution in [1.82, 2.24) is 21.3 Å². The van der Waals surface area contributed by atoms with E-state index in [1.807, 2.05) is 109 Å². The van der Waals surface area contributed by atoms with Gasteiger partial charge in [-0.05, 0) is 93.4 Å². The molecule has 0 saturated heterocycles. The van der Waals surface area contributed by atoms with E-state index in [1.165, 1.54) is 26.0 Å². The number of rotatable bonds is 9. The number of allylic oxidation sites excluding steroid dienone is 6. The number of ketones is 2. The lowest BCUT2D eigenvalue weighted by Crippen LogP contribution is -2.34. The van der Waals surface area contributed by atoms with Gasteiger partial charge in [0.15, 0.2) is 11.6 Å². The van der Waals surface area contributed by atoms with E-state index in [4.69, 9.17) is 9.47 Å². The lowest BCUT2D eigenvalue weighted by Gasteiger charge is -2.20. The molecule has 0 saturated carbocycles. The van der Waals surface area contributed by atoms with Gasteiger partial charge in [0, 0.05) is 35.4 Å². The molecule has 2 heterocycles. The number of benzene rings is 4. The SMILES string of the molecule is CC(=O)NC1=CC=C/C(=c2\cc3c(cc2OCc2ccccc2)=C(C2=c4cc(OCc5ccccc5)/c(=C5\C=CC=C(NC(C)=O)N5)cc4C=CC2=O)C(=O)C=C3)N1. The van der Waals surface area contributed by atoms with Gasteiger partial charge in [-0.15, -0.1) is 0 Å². The Morgan fingerprint density at radius 2 is 0.948 bits per heavy atom. The third-order valence-electron chi connectivity index (χ3n) is 9.68. The van der Waals surface area contributed by atoms with Gasteiger partial charge in [-0.2, -0.15) is 0 Å². The molecule has 0 spiro atoms. The van der Waals surface area contributed by atoms with Crippen molar-refractivity contribution in [2.24, 2.45) is 0 Å². The molecule has 286 valence electrons. The average Bonchev–Trinajstić information content (AvgIpc) is 3.22. The fourth-order valence-electron chi connectivity index (χ4n) is 7.09. The zero-order valence-corrected chi connectivity index (χ0v) is 31.7. The molecule has 4 aromatic rings. The number of carbonyl (C=O) groups is 4. The largest absolute Gasteiger partial charge is 0.488 e. The van der Waals surface area contributed by atoms with Crippen molar-refractivity contribution < 1.29 is 28.7 Å². The summed E-state index contributed by atoms with van der Waals surface area (Å²) in [5.74, 6) is 0.847. The lowest BCUT2D eigenvalue weighted by atomic mass is 9.85. The van der Waals surface area contributed by atoms with Crippen molar-refractivity contribution in [1.29, 1.82) is 0 Å². The maximum absolute atomic E-state index is 14.1. The van der Waals surface area contributed by atoms with Crippen LogP contribution in [-0.2, 0) is 32.4 Å². The van der Waals surface area contributed by atoms with Crippen LogP contribution in [0.25, 0.3) is 34.7 Å². The van der Waals surface area contributed by atoms with Crippen LogP contribution in [0.4, 0.5) is 0 Å². The first-order valence-electron chi connectivity index (χ1n) is 18.7. The van der Waals surface area contributed by atoms with Gasteiger partial charge in [0.25, 0.3) is 0 Å². The molecule has 4 aliphatic rings. The number of amides is 2. The van der Waals surface area contributed by atoms with Crippen molar-refractivity contribution in [3.63, 3.8) is 0 Å². The molecule has 0 fully saturated rings. The van der Waals surface area contributed by atoms with E-state index >= 15 is 0 Å². The summed E-state index contributed by atoms with van der Waals surface area (Å²) >= 11 is 0. The molecule has 58 heavy (non-hydrogen) atoms. The highest BCUT2D eigenvalue weighted by Crippen LogP contribution is 2.25. The molecule has 4 aromatic carbocycles. The van der Waals surface area contributed by atoms with E-state index in [0.717, 1.165) is 11.1 Å². The van der Waals surface area contributed by atoms with E-state index in [9.17, 15) is 19.2 Å². The van der Waals surface area contributed by atoms with E-state index in [0.29, 0.717) is 66.5 Å². The second-order valence-electron chi connectivity index (χ2n) is 13.9. The summed E-state index contributed by atoms with van der Waals surface area (Å²) in [6, 6.07) is 26.9. The number of nitrogens with one attached hydrogen (secondary N) is 4. The molecule has 0 unspecified atom stereocenters. The Morgan fingerprint density at radius 1 is 0.534 bits per heavy atom. The zero-order valence-electron chi connectivity index (χ0n) is 31.7. The monoisotopic (exact) mass is 766 g/mol. The summed E-state index contributed by atoms with van der Waals surface area (Å²) in [6.07, 6.45) is 17.4. The number of hydrogen-bond donors (Lipinski definition) is 4. The molecule has 0 aromatic heterocycles. The van der Waals surface area contributed by atoms with Gasteiger partial charge in [0.2, 0.25) is 11.8 Å². The maximum Gasteiger partial charge on any atom is 0.222 e. The molecule has 0 radical (unpaired) electrons. The van der Waals surface area contributed by atoms with E-state index < -0.39 is 0 Å². The smallest absolute Gasteiger partial charge is 0.222 e. The molecule has 2 aliphatic carbocycles. The second-order valence-corrected chi connectivity index (χ2v) is 13.9. The van der Waals surface area contributed by atoms with Gasteiger partial charge < -0.3 is 30.7 Å². The van der Waals surface area contributed by atoms with Crippen molar-refractivity contribution in [2.75, 3.05) is 0 Å². The molecule has 10 heteroatoms. The summed E-state index contributed by atoms with van der Waals surface area (Å²) in [5, 5.41) is 14.6. The fraction of sp³-hybridized carbons (Fsp3) is 0.0833. The minimum atomic E-state index is -0.328. The van der Waals surface area contributed by atoms with Crippen molar-refractivity contribution in [3.05, 3.63) is 188 Å². The maximum atomic E-state index is 14.1. The molecule has 0 bridgehead atoms. The van der Waals surface area contributed by atoms with Gasteiger partial charge >= 0.3 is 0 Å². The summed E-state index contributed by atoms with van der Waals surface area (Å²) in [6.45, 7) is 3.36. The van der Waals surface area contributed by atoms with Gasteiger partial charge in [-0.3, -0.25) is 19.2 Å². The number of ether oxygens (including phenoxy) is 2. The fourth-order valence-corrected chi connectivity index (χ4v) is 7.09. The molecule has 10 nitrogen and oxygen atoms in total. The van der Waals surface area contributed by atoms with Crippen LogP contribution in [0.3, 0.4) is 0 Å². The van der Waals surface area contributed by atoms with Crippen LogP contribution in [0, 0.1) is 0 Å². The molecular weight excluding hydrogens is 729 g/mol. The first-order chi connectivity index (χ1) is 28.2. The predicted molar refractivity (Wildman–Crippen MR) is 223 cm³/mol. The first kappa shape index (κ1) is 37.2. The van der Waals surface area contributed by atoms with E-state index in [2.05, 4.69) is 21.3 Å². The van der Waals surface area contributed by atoms with Crippen LogP contribution in [0.1, 0.15) is 36.1 Å². The molecule has 0 atom stereocenters. The van der Waals surface area contributed by atoms with Crippen LogP contribution in [0.2, 0.25) is 0 Å². The molecule has 8 rings (SSSR count). The number of fused-ring (bicyclic) bond motifs is 2. The van der Waals surface area contributed by atoms with Gasteiger partial charge in [0.05, 0.1) is 11.4 Å². The Bertz CT molecular complexity index is 2670. The Hall–Kier alpha value is -7.72. The lowest BCUT2D eigenvalue weighted by molar-refractivity contribution is -0.119. The van der Waals surface area contributed by atoms with Crippen LogP contribution in [0.5, 0.6) is 11.5 Å². The number of carbonyl (C=O) groups excluding carboxylic acids is 4. The van der Waals surface area contributed by atoms with E-state index in [-0.39, 0.29) is 47.7 Å². The van der Waals surface area contributed by atoms with Crippen LogP contribution in [-0.4, -0.2) is 23.4 Å². The Balaban J connectivity index is 1.35. The third-order valence-corrected chi connectivity index (χ3v) is 9.68. The predicted octanol–water partition coefficient (Wildman–Crippen LogP) is 3.53. The Labute approximate surface area is 334 Å². The summed E-state index contributed by atoms with van der Waals surface area (Å²) in [7, 11) is 0. The number of hydrogen-bond acceptors (Lipinski definition) is 8. The molecular formula is C48H38N4O6.